The second-order valence-electron chi connectivity index (χ2n) is 3.73. The quantitative estimate of drug-likeness (QED) is 0.627. The number of carbonyl (C=O) groups is 1. The van der Waals surface area contributed by atoms with Crippen LogP contribution < -0.4 is 5.73 Å². The Hall–Kier alpha value is -0.870. The number of likely N-dealkylation sites (N-methyl/N-ethyl adjacent to an activating group) is 1. The van der Waals surface area contributed by atoms with Crippen LogP contribution in [-0.2, 0) is 4.79 Å². The van der Waals surface area contributed by atoms with Crippen molar-refractivity contribution in [3.8, 4) is 0 Å². The minimum Gasteiger partial charge on any atom is -0.336 e. The highest BCUT2D eigenvalue weighted by Crippen LogP contribution is 2.11. The van der Waals surface area contributed by atoms with E-state index in [0.717, 1.165) is 13.0 Å². The first-order chi connectivity index (χ1) is 6.69. The van der Waals surface area contributed by atoms with Crippen molar-refractivity contribution in [2.75, 3.05) is 33.2 Å². The van der Waals surface area contributed by atoms with Gasteiger partial charge in [0.1, 0.15) is 0 Å². The summed E-state index contributed by atoms with van der Waals surface area (Å²) in [4.78, 5) is 15.5. The van der Waals surface area contributed by atoms with Gasteiger partial charge in [-0.1, -0.05) is 6.08 Å². The molecule has 0 aromatic heterocycles. The molecule has 1 aliphatic heterocycles. The van der Waals surface area contributed by atoms with Crippen LogP contribution in [-0.4, -0.2) is 55.0 Å². The van der Waals surface area contributed by atoms with Crippen LogP contribution in [0.25, 0.3) is 0 Å². The van der Waals surface area contributed by atoms with Gasteiger partial charge < -0.3 is 10.6 Å². The Kier molecular flexibility index (Phi) is 4.10. The average molecular weight is 197 g/mol. The molecule has 0 saturated carbocycles. The molecular weight excluding hydrogens is 178 g/mol. The first kappa shape index (κ1) is 11.2. The van der Waals surface area contributed by atoms with Crippen molar-refractivity contribution >= 4 is 5.91 Å². The van der Waals surface area contributed by atoms with Crippen LogP contribution in [0, 0.1) is 0 Å². The van der Waals surface area contributed by atoms with Crippen LogP contribution in [0.4, 0.5) is 0 Å². The molecule has 1 saturated heterocycles. The fraction of sp³-hybridized carbons (Fsp3) is 0.700. The molecule has 2 N–H and O–H groups in total. The van der Waals surface area contributed by atoms with Crippen molar-refractivity contribution < 1.29 is 4.79 Å². The molecule has 0 aromatic carbocycles. The largest absolute Gasteiger partial charge is 0.336 e. The third-order valence-electron chi connectivity index (χ3n) is 2.64. The normalized spacial score (nSPS) is 24.0. The molecule has 1 fully saturated rings. The lowest BCUT2D eigenvalue weighted by Gasteiger charge is -2.38. The van der Waals surface area contributed by atoms with E-state index in [1.165, 1.54) is 0 Å². The van der Waals surface area contributed by atoms with Gasteiger partial charge in [-0.05, 0) is 20.0 Å². The Morgan fingerprint density at radius 2 is 2.43 bits per heavy atom. The third-order valence-corrected chi connectivity index (χ3v) is 2.64. The number of hydrogen-bond acceptors (Lipinski definition) is 3. The SMILES string of the molecule is C=CCN1CC(CCN)N(C)CC1=O. The van der Waals surface area contributed by atoms with E-state index < -0.39 is 0 Å². The molecule has 1 amide bonds. The Balaban J connectivity index is 2.55. The number of hydrogen-bond donors (Lipinski definition) is 1. The molecule has 80 valence electrons. The van der Waals surface area contributed by atoms with E-state index in [1.807, 2.05) is 11.9 Å². The fourth-order valence-electron chi connectivity index (χ4n) is 1.77. The first-order valence-corrected chi connectivity index (χ1v) is 4.98. The summed E-state index contributed by atoms with van der Waals surface area (Å²) in [5, 5.41) is 0. The summed E-state index contributed by atoms with van der Waals surface area (Å²) in [6.07, 6.45) is 2.71. The molecule has 0 aromatic rings. The van der Waals surface area contributed by atoms with Gasteiger partial charge in [0, 0.05) is 19.1 Å². The number of amides is 1. The molecule has 4 heteroatoms. The van der Waals surface area contributed by atoms with Crippen molar-refractivity contribution in [3.05, 3.63) is 12.7 Å². The van der Waals surface area contributed by atoms with Crippen molar-refractivity contribution in [2.24, 2.45) is 5.73 Å². The Morgan fingerprint density at radius 1 is 1.71 bits per heavy atom. The molecular formula is C10H19N3O. The van der Waals surface area contributed by atoms with E-state index >= 15 is 0 Å². The fourth-order valence-corrected chi connectivity index (χ4v) is 1.77. The molecule has 1 atom stereocenters. The van der Waals surface area contributed by atoms with Gasteiger partial charge in [0.2, 0.25) is 5.91 Å². The Bertz CT molecular complexity index is 217. The van der Waals surface area contributed by atoms with Crippen molar-refractivity contribution in [2.45, 2.75) is 12.5 Å². The minimum atomic E-state index is 0.181. The molecule has 0 aliphatic carbocycles. The smallest absolute Gasteiger partial charge is 0.237 e. The molecule has 0 spiro atoms. The number of nitrogens with two attached hydrogens (primary N) is 1. The first-order valence-electron chi connectivity index (χ1n) is 4.98. The van der Waals surface area contributed by atoms with E-state index in [0.29, 0.717) is 25.7 Å². The molecule has 1 rings (SSSR count). The standard InChI is InChI=1S/C10H19N3O/c1-3-6-13-7-9(4-5-11)12(2)8-10(13)14/h3,9H,1,4-8,11H2,2H3. The maximum atomic E-state index is 11.5. The van der Waals surface area contributed by atoms with Gasteiger partial charge in [-0.2, -0.15) is 0 Å². The summed E-state index contributed by atoms with van der Waals surface area (Å²) in [5.74, 6) is 0.181. The highest BCUT2D eigenvalue weighted by molar-refractivity contribution is 5.79. The number of piperazine rings is 1. The van der Waals surface area contributed by atoms with Gasteiger partial charge >= 0.3 is 0 Å². The second-order valence-corrected chi connectivity index (χ2v) is 3.73. The third kappa shape index (κ3) is 2.56. The summed E-state index contributed by atoms with van der Waals surface area (Å²) >= 11 is 0. The number of carbonyl (C=O) groups excluding carboxylic acids is 1. The maximum absolute atomic E-state index is 11.5. The topological polar surface area (TPSA) is 49.6 Å². The predicted molar refractivity (Wildman–Crippen MR) is 56.9 cm³/mol. The molecule has 0 radical (unpaired) electrons. The second kappa shape index (κ2) is 5.12. The lowest BCUT2D eigenvalue weighted by Crippen LogP contribution is -2.55. The van der Waals surface area contributed by atoms with Crippen molar-refractivity contribution in [1.29, 1.82) is 0 Å². The number of rotatable bonds is 4. The minimum absolute atomic E-state index is 0.181. The van der Waals surface area contributed by atoms with E-state index in [-0.39, 0.29) is 5.91 Å². The van der Waals surface area contributed by atoms with Gasteiger partial charge in [0.25, 0.3) is 0 Å². The van der Waals surface area contributed by atoms with E-state index in [9.17, 15) is 4.79 Å². The zero-order valence-corrected chi connectivity index (χ0v) is 8.78. The number of nitrogens with zero attached hydrogens (tertiary/aromatic N) is 2. The molecule has 0 bridgehead atoms. The van der Waals surface area contributed by atoms with Gasteiger partial charge in [0.05, 0.1) is 6.54 Å². The van der Waals surface area contributed by atoms with Crippen LogP contribution in [0.2, 0.25) is 0 Å². The van der Waals surface area contributed by atoms with Gasteiger partial charge in [-0.15, -0.1) is 6.58 Å². The van der Waals surface area contributed by atoms with Gasteiger partial charge in [-0.25, -0.2) is 0 Å². The van der Waals surface area contributed by atoms with Gasteiger partial charge in [0.15, 0.2) is 0 Å². The predicted octanol–water partition coefficient (Wildman–Crippen LogP) is -0.336. The van der Waals surface area contributed by atoms with E-state index in [2.05, 4.69) is 11.5 Å². The van der Waals surface area contributed by atoms with Crippen LogP contribution in [0.15, 0.2) is 12.7 Å². The summed E-state index contributed by atoms with van der Waals surface area (Å²) in [5.41, 5.74) is 5.53. The lowest BCUT2D eigenvalue weighted by atomic mass is 10.1. The average Bonchev–Trinajstić information content (AvgIpc) is 2.14. The van der Waals surface area contributed by atoms with Crippen LogP contribution >= 0.6 is 0 Å². The van der Waals surface area contributed by atoms with Gasteiger partial charge in [-0.3, -0.25) is 9.69 Å². The summed E-state index contributed by atoms with van der Waals surface area (Å²) in [7, 11) is 1.98. The highest BCUT2D eigenvalue weighted by atomic mass is 16.2. The monoisotopic (exact) mass is 197 g/mol. The summed E-state index contributed by atoms with van der Waals surface area (Å²) in [6, 6.07) is 0.401. The van der Waals surface area contributed by atoms with Crippen LogP contribution in [0.1, 0.15) is 6.42 Å². The zero-order chi connectivity index (χ0) is 10.6. The summed E-state index contributed by atoms with van der Waals surface area (Å²) in [6.45, 7) is 6.24. The van der Waals surface area contributed by atoms with E-state index in [1.54, 1.807) is 6.08 Å². The molecule has 1 heterocycles. The van der Waals surface area contributed by atoms with Crippen molar-refractivity contribution in [1.82, 2.24) is 9.80 Å². The maximum Gasteiger partial charge on any atom is 0.237 e. The molecule has 1 aliphatic rings. The molecule has 4 nitrogen and oxygen atoms in total. The summed E-state index contributed by atoms with van der Waals surface area (Å²) < 4.78 is 0. The zero-order valence-electron chi connectivity index (χ0n) is 8.78. The van der Waals surface area contributed by atoms with Crippen molar-refractivity contribution in [3.63, 3.8) is 0 Å². The van der Waals surface area contributed by atoms with Crippen LogP contribution in [0.5, 0.6) is 0 Å². The van der Waals surface area contributed by atoms with Crippen LogP contribution in [0.3, 0.4) is 0 Å². The molecule has 1 unspecified atom stereocenters. The lowest BCUT2D eigenvalue weighted by molar-refractivity contribution is -0.137. The Morgan fingerprint density at radius 3 is 3.00 bits per heavy atom. The Labute approximate surface area is 85.3 Å². The highest BCUT2D eigenvalue weighted by Gasteiger charge is 2.28. The molecule has 14 heavy (non-hydrogen) atoms. The van der Waals surface area contributed by atoms with E-state index in [4.69, 9.17) is 5.73 Å².